The van der Waals surface area contributed by atoms with Crippen LogP contribution in [0.15, 0.2) is 54.7 Å². The first-order valence-corrected chi connectivity index (χ1v) is 13.6. The number of carbonyl (C=O) groups is 1. The Labute approximate surface area is 244 Å². The SMILES string of the molecule is CNC(=O)Cc1cnc(OC)c(-c2nc3c(n2C(C)C)C(c2ccc(C#N)cc2)N(c2cc(Cl)ccc2C)C3O)c1. The zero-order valence-electron chi connectivity index (χ0n) is 23.5. The Morgan fingerprint density at radius 3 is 2.59 bits per heavy atom. The van der Waals surface area contributed by atoms with Gasteiger partial charge in [-0.1, -0.05) is 29.8 Å². The lowest BCUT2D eigenvalue weighted by Gasteiger charge is -2.33. The number of halogens is 1. The van der Waals surface area contributed by atoms with Gasteiger partial charge in [0, 0.05) is 30.0 Å². The number of carbonyl (C=O) groups excluding carboxylic acids is 1. The molecule has 0 radical (unpaired) electrons. The number of amides is 1. The number of aliphatic hydroxyl groups is 1. The molecule has 0 saturated carbocycles. The number of ether oxygens (including phenoxy) is 1. The van der Waals surface area contributed by atoms with E-state index in [1.54, 1.807) is 32.5 Å². The van der Waals surface area contributed by atoms with E-state index in [1.165, 1.54) is 0 Å². The summed E-state index contributed by atoms with van der Waals surface area (Å²) in [5, 5.41) is 24.5. The van der Waals surface area contributed by atoms with Crippen LogP contribution < -0.4 is 15.0 Å². The molecule has 5 rings (SSSR count). The van der Waals surface area contributed by atoms with Gasteiger partial charge in [-0.3, -0.25) is 4.79 Å². The van der Waals surface area contributed by atoms with Crippen molar-refractivity contribution in [2.75, 3.05) is 19.1 Å². The summed E-state index contributed by atoms with van der Waals surface area (Å²) in [7, 11) is 3.13. The minimum absolute atomic E-state index is 0.0676. The monoisotopic (exact) mass is 570 g/mol. The number of benzene rings is 2. The number of aromatic nitrogens is 3. The zero-order chi connectivity index (χ0) is 29.4. The molecule has 2 atom stereocenters. The van der Waals surface area contributed by atoms with Crippen LogP contribution in [-0.4, -0.2) is 39.7 Å². The summed E-state index contributed by atoms with van der Waals surface area (Å²) in [6, 6.07) is 16.5. The quantitative estimate of drug-likeness (QED) is 0.311. The molecule has 0 fully saturated rings. The molecule has 210 valence electrons. The van der Waals surface area contributed by atoms with Crippen LogP contribution in [0, 0.1) is 18.3 Å². The highest BCUT2D eigenvalue weighted by Gasteiger charge is 2.45. The van der Waals surface area contributed by atoms with Gasteiger partial charge < -0.3 is 24.6 Å². The standard InChI is InChI=1S/C31H31ClN6O3/c1-17(2)37-28-26(36-29(37)23-12-20(13-25(39)34-4)16-35-30(23)41-5)31(40)38(24-14-22(32)11-6-18(24)3)27(28)21-9-7-19(15-33)8-10-21/h6-12,14,16-17,27,31,40H,13H2,1-5H3,(H,34,39). The highest BCUT2D eigenvalue weighted by atomic mass is 35.5. The van der Waals surface area contributed by atoms with Crippen molar-refractivity contribution in [3.63, 3.8) is 0 Å². The zero-order valence-corrected chi connectivity index (χ0v) is 24.3. The average Bonchev–Trinajstić information content (AvgIpc) is 3.49. The molecule has 41 heavy (non-hydrogen) atoms. The van der Waals surface area contributed by atoms with Crippen molar-refractivity contribution in [2.45, 2.75) is 45.5 Å². The van der Waals surface area contributed by atoms with Crippen LogP contribution in [0.1, 0.15) is 65.8 Å². The van der Waals surface area contributed by atoms with Crippen LogP contribution in [0.2, 0.25) is 5.02 Å². The summed E-state index contributed by atoms with van der Waals surface area (Å²) in [6.45, 7) is 6.07. The van der Waals surface area contributed by atoms with Crippen LogP contribution in [0.5, 0.6) is 5.88 Å². The molecule has 2 aromatic carbocycles. The smallest absolute Gasteiger partial charge is 0.224 e. The largest absolute Gasteiger partial charge is 0.480 e. The fraction of sp³-hybridized carbons (Fsp3) is 0.290. The van der Waals surface area contributed by atoms with E-state index in [-0.39, 0.29) is 18.4 Å². The van der Waals surface area contributed by atoms with E-state index >= 15 is 0 Å². The topological polar surface area (TPSA) is 116 Å². The third-order valence-corrected chi connectivity index (χ3v) is 7.56. The molecule has 4 aromatic rings. The van der Waals surface area contributed by atoms with Crippen LogP contribution in [0.3, 0.4) is 0 Å². The second-order valence-corrected chi connectivity index (χ2v) is 10.7. The molecule has 1 aliphatic rings. The van der Waals surface area contributed by atoms with Crippen molar-refractivity contribution in [1.82, 2.24) is 19.9 Å². The van der Waals surface area contributed by atoms with E-state index in [9.17, 15) is 15.2 Å². The van der Waals surface area contributed by atoms with Gasteiger partial charge in [-0.05, 0) is 67.8 Å². The first kappa shape index (κ1) is 28.1. The Kier molecular flexibility index (Phi) is 7.72. The summed E-state index contributed by atoms with van der Waals surface area (Å²) in [5.41, 5.74) is 5.79. The summed E-state index contributed by atoms with van der Waals surface area (Å²) < 4.78 is 7.71. The second kappa shape index (κ2) is 11.2. The molecule has 2 unspecified atom stereocenters. The number of methoxy groups -OCH3 is 1. The van der Waals surface area contributed by atoms with Gasteiger partial charge in [-0.2, -0.15) is 5.26 Å². The molecular formula is C31H31ClN6O3. The number of nitrogens with one attached hydrogen (secondary N) is 1. The summed E-state index contributed by atoms with van der Waals surface area (Å²) in [6.07, 6.45) is 0.682. The average molecular weight is 571 g/mol. The van der Waals surface area contributed by atoms with Crippen molar-refractivity contribution in [2.24, 2.45) is 0 Å². The number of anilines is 1. The van der Waals surface area contributed by atoms with Crippen molar-refractivity contribution in [3.05, 3.63) is 93.4 Å². The Hall–Kier alpha value is -4.39. The number of nitriles is 1. The Morgan fingerprint density at radius 1 is 1.22 bits per heavy atom. The van der Waals surface area contributed by atoms with Crippen LogP contribution >= 0.6 is 11.6 Å². The highest BCUT2D eigenvalue weighted by Crippen LogP contribution is 2.50. The number of hydrogen-bond acceptors (Lipinski definition) is 7. The number of hydrogen-bond donors (Lipinski definition) is 2. The van der Waals surface area contributed by atoms with Gasteiger partial charge in [0.1, 0.15) is 11.5 Å². The Balaban J connectivity index is 1.76. The fourth-order valence-electron chi connectivity index (χ4n) is 5.42. The van der Waals surface area contributed by atoms with Crippen LogP contribution in [0.4, 0.5) is 5.69 Å². The van der Waals surface area contributed by atoms with Gasteiger partial charge in [-0.15, -0.1) is 0 Å². The molecule has 0 aliphatic carbocycles. The van der Waals surface area contributed by atoms with E-state index in [0.717, 1.165) is 22.5 Å². The first-order chi connectivity index (χ1) is 19.7. The molecule has 0 spiro atoms. The summed E-state index contributed by atoms with van der Waals surface area (Å²) in [5.74, 6) is 0.804. The van der Waals surface area contributed by atoms with Gasteiger partial charge in [0.15, 0.2) is 6.23 Å². The molecule has 0 bridgehead atoms. The third kappa shape index (κ3) is 5.01. The van der Waals surface area contributed by atoms with Crippen molar-refractivity contribution < 1.29 is 14.6 Å². The van der Waals surface area contributed by atoms with Crippen molar-refractivity contribution in [1.29, 1.82) is 5.26 Å². The number of fused-ring (bicyclic) bond motifs is 1. The third-order valence-electron chi connectivity index (χ3n) is 7.33. The normalized spacial score (nSPS) is 16.0. The summed E-state index contributed by atoms with van der Waals surface area (Å²) in [4.78, 5) is 23.5. The lowest BCUT2D eigenvalue weighted by molar-refractivity contribution is -0.119. The number of likely N-dealkylation sites (N-methyl/N-ethyl adjacent to an activating group) is 1. The number of pyridine rings is 1. The molecular weight excluding hydrogens is 540 g/mol. The summed E-state index contributed by atoms with van der Waals surface area (Å²) >= 11 is 6.43. The van der Waals surface area contributed by atoms with Gasteiger partial charge in [0.2, 0.25) is 11.8 Å². The lowest BCUT2D eigenvalue weighted by atomic mass is 10.0. The van der Waals surface area contributed by atoms with E-state index in [0.29, 0.717) is 39.1 Å². The number of aliphatic hydroxyl groups excluding tert-OH is 1. The van der Waals surface area contributed by atoms with E-state index in [2.05, 4.69) is 34.8 Å². The molecule has 9 nitrogen and oxygen atoms in total. The highest BCUT2D eigenvalue weighted by molar-refractivity contribution is 6.30. The maximum Gasteiger partial charge on any atom is 0.224 e. The Morgan fingerprint density at radius 2 is 1.95 bits per heavy atom. The van der Waals surface area contributed by atoms with Crippen LogP contribution in [-0.2, 0) is 11.2 Å². The predicted molar refractivity (Wildman–Crippen MR) is 157 cm³/mol. The first-order valence-electron chi connectivity index (χ1n) is 13.3. The molecule has 2 N–H and O–H groups in total. The lowest BCUT2D eigenvalue weighted by Crippen LogP contribution is -2.29. The molecule has 3 heterocycles. The van der Waals surface area contributed by atoms with E-state index in [4.69, 9.17) is 21.3 Å². The molecule has 2 aromatic heterocycles. The maximum atomic E-state index is 12.1. The van der Waals surface area contributed by atoms with E-state index in [1.807, 2.05) is 48.2 Å². The number of rotatable bonds is 7. The van der Waals surface area contributed by atoms with Gasteiger partial charge in [0.25, 0.3) is 0 Å². The fourth-order valence-corrected chi connectivity index (χ4v) is 5.59. The molecule has 0 saturated heterocycles. The second-order valence-electron chi connectivity index (χ2n) is 10.3. The molecule has 1 amide bonds. The number of aryl methyl sites for hydroxylation is 1. The van der Waals surface area contributed by atoms with Crippen molar-refractivity contribution >= 4 is 23.2 Å². The Bertz CT molecular complexity index is 1660. The molecule has 10 heteroatoms. The number of imidazole rings is 1. The van der Waals surface area contributed by atoms with Gasteiger partial charge in [-0.25, -0.2) is 9.97 Å². The predicted octanol–water partition coefficient (Wildman–Crippen LogP) is 5.26. The number of nitrogens with zero attached hydrogens (tertiary/aromatic N) is 5. The minimum Gasteiger partial charge on any atom is -0.480 e. The van der Waals surface area contributed by atoms with Crippen LogP contribution in [0.25, 0.3) is 11.4 Å². The van der Waals surface area contributed by atoms with Gasteiger partial charge in [0.05, 0.1) is 42.5 Å². The maximum absolute atomic E-state index is 12.1. The van der Waals surface area contributed by atoms with Crippen molar-refractivity contribution in [3.8, 4) is 23.3 Å². The van der Waals surface area contributed by atoms with Gasteiger partial charge >= 0.3 is 0 Å². The molecule has 1 aliphatic heterocycles. The minimum atomic E-state index is -1.09. The van der Waals surface area contributed by atoms with E-state index < -0.39 is 12.3 Å².